The van der Waals surface area contributed by atoms with E-state index < -0.39 is 11.8 Å². The summed E-state index contributed by atoms with van der Waals surface area (Å²) >= 11 is 0. The minimum Gasteiger partial charge on any atom is -0.465 e. The van der Waals surface area contributed by atoms with Crippen molar-refractivity contribution in [1.29, 1.82) is 0 Å². The van der Waals surface area contributed by atoms with Gasteiger partial charge < -0.3 is 14.3 Å². The standard InChI is InChI=1S/C14H22N2O4/c1-9-10(19-8-15-9)6-13(2,3)11-7-20-14(4,5)16(11)12(17)18/h8,11H,6-7H2,1-5H3,(H,17,18)/t11-/m0/s1. The van der Waals surface area contributed by atoms with E-state index in [-0.39, 0.29) is 11.5 Å². The second-order valence-electron chi connectivity index (χ2n) is 6.45. The summed E-state index contributed by atoms with van der Waals surface area (Å²) in [5.41, 5.74) is -0.265. The fourth-order valence-electron chi connectivity index (χ4n) is 2.77. The van der Waals surface area contributed by atoms with Gasteiger partial charge in [-0.15, -0.1) is 0 Å². The molecular formula is C14H22N2O4. The lowest BCUT2D eigenvalue weighted by Gasteiger charge is -2.38. The maximum atomic E-state index is 11.6. The molecule has 6 heteroatoms. The van der Waals surface area contributed by atoms with Crippen LogP contribution in [0.2, 0.25) is 0 Å². The van der Waals surface area contributed by atoms with Crippen molar-refractivity contribution in [2.45, 2.75) is 52.8 Å². The molecule has 1 aliphatic rings. The quantitative estimate of drug-likeness (QED) is 0.922. The Hall–Kier alpha value is -1.56. The van der Waals surface area contributed by atoms with E-state index in [4.69, 9.17) is 9.15 Å². The van der Waals surface area contributed by atoms with Gasteiger partial charge in [0.1, 0.15) is 11.5 Å². The highest BCUT2D eigenvalue weighted by Gasteiger charge is 2.50. The number of nitrogens with zero attached hydrogens (tertiary/aromatic N) is 2. The highest BCUT2D eigenvalue weighted by molar-refractivity contribution is 5.67. The Morgan fingerprint density at radius 3 is 2.75 bits per heavy atom. The summed E-state index contributed by atoms with van der Waals surface area (Å²) in [7, 11) is 0. The Labute approximate surface area is 118 Å². The van der Waals surface area contributed by atoms with Crippen LogP contribution in [0, 0.1) is 12.3 Å². The number of rotatable bonds is 3. The Morgan fingerprint density at radius 1 is 1.60 bits per heavy atom. The predicted octanol–water partition coefficient (Wildman–Crippen LogP) is 2.67. The molecule has 1 N–H and O–H groups in total. The number of ether oxygens (including phenoxy) is 1. The smallest absolute Gasteiger partial charge is 0.409 e. The summed E-state index contributed by atoms with van der Waals surface area (Å²) in [6, 6.07) is -0.223. The van der Waals surface area contributed by atoms with E-state index >= 15 is 0 Å². The van der Waals surface area contributed by atoms with Gasteiger partial charge >= 0.3 is 6.09 Å². The molecule has 2 rings (SSSR count). The monoisotopic (exact) mass is 282 g/mol. The lowest BCUT2D eigenvalue weighted by Crippen LogP contribution is -2.52. The Kier molecular flexibility index (Phi) is 3.54. The maximum absolute atomic E-state index is 11.6. The van der Waals surface area contributed by atoms with Gasteiger partial charge in [0.25, 0.3) is 0 Å². The SMILES string of the molecule is Cc1ncoc1CC(C)(C)[C@@H]1COC(C)(C)N1C(=O)O. The molecule has 0 saturated carbocycles. The molecule has 1 saturated heterocycles. The van der Waals surface area contributed by atoms with Gasteiger partial charge in [-0.3, -0.25) is 4.90 Å². The molecule has 0 aromatic carbocycles. The van der Waals surface area contributed by atoms with Crippen molar-refractivity contribution in [3.8, 4) is 0 Å². The summed E-state index contributed by atoms with van der Waals surface area (Å²) in [5.74, 6) is 0.796. The fourth-order valence-corrected chi connectivity index (χ4v) is 2.77. The van der Waals surface area contributed by atoms with Gasteiger partial charge in [-0.2, -0.15) is 0 Å². The Balaban J connectivity index is 2.25. The number of hydrogen-bond donors (Lipinski definition) is 1. The third-order valence-electron chi connectivity index (χ3n) is 4.06. The maximum Gasteiger partial charge on any atom is 0.409 e. The average Bonchev–Trinajstić information content (AvgIpc) is 2.82. The molecule has 0 radical (unpaired) electrons. The van der Waals surface area contributed by atoms with Gasteiger partial charge in [0.15, 0.2) is 6.39 Å². The van der Waals surface area contributed by atoms with Crippen LogP contribution in [0.1, 0.15) is 39.1 Å². The Bertz CT molecular complexity index is 507. The van der Waals surface area contributed by atoms with E-state index in [1.54, 1.807) is 13.8 Å². The summed E-state index contributed by atoms with van der Waals surface area (Å²) in [6.45, 7) is 9.88. The fraction of sp³-hybridized carbons (Fsp3) is 0.714. The van der Waals surface area contributed by atoms with Gasteiger partial charge in [0.2, 0.25) is 0 Å². The van der Waals surface area contributed by atoms with Crippen LogP contribution in [0.15, 0.2) is 10.8 Å². The van der Waals surface area contributed by atoms with Crippen LogP contribution in [-0.2, 0) is 11.2 Å². The van der Waals surface area contributed by atoms with Crippen LogP contribution in [0.25, 0.3) is 0 Å². The molecule has 1 amide bonds. The molecule has 1 aromatic rings. The van der Waals surface area contributed by atoms with Gasteiger partial charge in [-0.05, 0) is 26.2 Å². The van der Waals surface area contributed by atoms with Crippen molar-refractivity contribution < 1.29 is 19.1 Å². The number of carboxylic acid groups (broad SMARTS) is 1. The van der Waals surface area contributed by atoms with E-state index in [1.807, 2.05) is 20.8 Å². The lowest BCUT2D eigenvalue weighted by atomic mass is 9.79. The first-order valence-corrected chi connectivity index (χ1v) is 6.70. The summed E-state index contributed by atoms with van der Waals surface area (Å²) in [6.07, 6.45) is 1.08. The zero-order valence-corrected chi connectivity index (χ0v) is 12.6. The van der Waals surface area contributed by atoms with Crippen molar-refractivity contribution in [1.82, 2.24) is 9.88 Å². The van der Waals surface area contributed by atoms with Crippen molar-refractivity contribution in [2.75, 3.05) is 6.61 Å². The first kappa shape index (κ1) is 14.8. The summed E-state index contributed by atoms with van der Waals surface area (Å²) < 4.78 is 11.1. The third kappa shape index (κ3) is 2.52. The molecule has 1 atom stereocenters. The lowest BCUT2D eigenvalue weighted by molar-refractivity contribution is -0.0458. The number of aromatic nitrogens is 1. The number of oxazole rings is 1. The second kappa shape index (κ2) is 4.77. The van der Waals surface area contributed by atoms with E-state index in [9.17, 15) is 9.90 Å². The largest absolute Gasteiger partial charge is 0.465 e. The van der Waals surface area contributed by atoms with Crippen molar-refractivity contribution in [2.24, 2.45) is 5.41 Å². The highest BCUT2D eigenvalue weighted by Crippen LogP contribution is 2.39. The van der Waals surface area contributed by atoms with E-state index in [2.05, 4.69) is 4.98 Å². The van der Waals surface area contributed by atoms with Crippen LogP contribution >= 0.6 is 0 Å². The number of hydrogen-bond acceptors (Lipinski definition) is 4. The molecule has 20 heavy (non-hydrogen) atoms. The number of aryl methyl sites for hydroxylation is 1. The molecule has 0 aliphatic carbocycles. The van der Waals surface area contributed by atoms with E-state index in [1.165, 1.54) is 11.3 Å². The van der Waals surface area contributed by atoms with Gasteiger partial charge in [0, 0.05) is 6.42 Å². The number of amides is 1. The highest BCUT2D eigenvalue weighted by atomic mass is 16.5. The second-order valence-corrected chi connectivity index (χ2v) is 6.45. The molecular weight excluding hydrogens is 260 g/mol. The molecule has 0 spiro atoms. The Morgan fingerprint density at radius 2 is 2.25 bits per heavy atom. The zero-order chi connectivity index (χ0) is 15.1. The third-order valence-corrected chi connectivity index (χ3v) is 4.06. The predicted molar refractivity (Wildman–Crippen MR) is 72.4 cm³/mol. The van der Waals surface area contributed by atoms with Crippen molar-refractivity contribution >= 4 is 6.09 Å². The molecule has 6 nitrogen and oxygen atoms in total. The van der Waals surface area contributed by atoms with E-state index in [0.717, 1.165) is 11.5 Å². The summed E-state index contributed by atoms with van der Waals surface area (Å²) in [5, 5.41) is 9.47. The number of carbonyl (C=O) groups is 1. The van der Waals surface area contributed by atoms with Crippen molar-refractivity contribution in [3.63, 3.8) is 0 Å². The van der Waals surface area contributed by atoms with Crippen LogP contribution < -0.4 is 0 Å². The van der Waals surface area contributed by atoms with Crippen molar-refractivity contribution in [3.05, 3.63) is 17.8 Å². The van der Waals surface area contributed by atoms with Crippen LogP contribution in [-0.4, -0.2) is 39.5 Å². The normalized spacial score (nSPS) is 22.2. The van der Waals surface area contributed by atoms with E-state index in [0.29, 0.717) is 13.0 Å². The molecule has 112 valence electrons. The summed E-state index contributed by atoms with van der Waals surface area (Å²) in [4.78, 5) is 17.0. The molecule has 1 fully saturated rings. The van der Waals surface area contributed by atoms with Gasteiger partial charge in [-0.1, -0.05) is 13.8 Å². The first-order chi connectivity index (χ1) is 9.15. The molecule has 0 bridgehead atoms. The first-order valence-electron chi connectivity index (χ1n) is 6.70. The van der Waals surface area contributed by atoms with Gasteiger partial charge in [0.05, 0.1) is 18.3 Å². The zero-order valence-electron chi connectivity index (χ0n) is 12.6. The van der Waals surface area contributed by atoms with Crippen LogP contribution in [0.4, 0.5) is 4.79 Å². The minimum absolute atomic E-state index is 0.223. The van der Waals surface area contributed by atoms with Gasteiger partial charge in [-0.25, -0.2) is 9.78 Å². The molecule has 2 heterocycles. The minimum atomic E-state index is -0.958. The molecule has 1 aromatic heterocycles. The topological polar surface area (TPSA) is 75.8 Å². The van der Waals surface area contributed by atoms with Crippen LogP contribution in [0.3, 0.4) is 0 Å². The average molecular weight is 282 g/mol. The molecule has 1 aliphatic heterocycles. The van der Waals surface area contributed by atoms with Crippen LogP contribution in [0.5, 0.6) is 0 Å². The molecule has 0 unspecified atom stereocenters.